The summed E-state index contributed by atoms with van der Waals surface area (Å²) < 4.78 is 22.3. The lowest BCUT2D eigenvalue weighted by Crippen LogP contribution is -2.30. The van der Waals surface area contributed by atoms with Crippen molar-refractivity contribution in [1.82, 2.24) is 15.6 Å². The number of aromatic hydroxyl groups is 1. The first kappa shape index (κ1) is 27.0. The van der Waals surface area contributed by atoms with Gasteiger partial charge in [-0.1, -0.05) is 36.4 Å². The molecule has 1 atom stereocenters. The summed E-state index contributed by atoms with van der Waals surface area (Å²) in [5.41, 5.74) is 2.95. The Hall–Kier alpha value is -4.60. The summed E-state index contributed by atoms with van der Waals surface area (Å²) in [7, 11) is 4.81. The van der Waals surface area contributed by atoms with Crippen LogP contribution in [0.1, 0.15) is 33.1 Å². The Bertz CT molecular complexity index is 1650. The summed E-state index contributed by atoms with van der Waals surface area (Å²) in [6.45, 7) is 1.54. The quantitative estimate of drug-likeness (QED) is 0.158. The number of nitrogens with zero attached hydrogens (tertiary/aromatic N) is 1. The molecule has 0 radical (unpaired) electrons. The number of hydrogen-bond donors (Lipinski definition) is 3. The van der Waals surface area contributed by atoms with E-state index in [4.69, 9.17) is 18.6 Å². The molecule has 0 spiro atoms. The highest BCUT2D eigenvalue weighted by Gasteiger charge is 2.29. The molecule has 0 fully saturated rings. The van der Waals surface area contributed by atoms with Gasteiger partial charge in [-0.25, -0.2) is 9.78 Å². The van der Waals surface area contributed by atoms with Crippen molar-refractivity contribution < 1.29 is 28.5 Å². The van der Waals surface area contributed by atoms with Crippen LogP contribution in [0.3, 0.4) is 0 Å². The molecule has 3 aromatic carbocycles. The fourth-order valence-corrected chi connectivity index (χ4v) is 4.85. The average molecular weight is 542 g/mol. The number of esters is 1. The monoisotopic (exact) mass is 541 g/mol. The predicted octanol–water partition coefficient (Wildman–Crippen LogP) is 4.96. The second-order valence-electron chi connectivity index (χ2n) is 9.21. The highest BCUT2D eigenvalue weighted by Crippen LogP contribution is 2.44. The number of hydrogen-bond acceptors (Lipinski definition) is 9. The van der Waals surface area contributed by atoms with Crippen LogP contribution in [0.15, 0.2) is 77.5 Å². The maximum Gasteiger partial charge on any atom is 0.341 e. The van der Waals surface area contributed by atoms with Crippen LogP contribution in [0.25, 0.3) is 21.7 Å². The molecule has 0 bridgehead atoms. The van der Waals surface area contributed by atoms with E-state index >= 15 is 0 Å². The fraction of sp³-hybridized carbons (Fsp3) is 0.226. The van der Waals surface area contributed by atoms with E-state index in [9.17, 15) is 9.90 Å². The van der Waals surface area contributed by atoms with Gasteiger partial charge in [-0.05, 0) is 36.4 Å². The number of carbonyl (C=O) groups is 1. The Labute approximate surface area is 231 Å². The van der Waals surface area contributed by atoms with Crippen LogP contribution in [-0.4, -0.2) is 50.4 Å². The summed E-state index contributed by atoms with van der Waals surface area (Å²) in [5.74, 6) is 0.652. The van der Waals surface area contributed by atoms with E-state index in [-0.39, 0.29) is 11.3 Å². The first-order valence-corrected chi connectivity index (χ1v) is 12.9. The number of aromatic nitrogens is 1. The number of phenolic OH excluding ortho intramolecular Hbond substituents is 1. The first-order valence-electron chi connectivity index (χ1n) is 12.9. The third-order valence-corrected chi connectivity index (χ3v) is 6.77. The van der Waals surface area contributed by atoms with E-state index in [2.05, 4.69) is 15.6 Å². The Kier molecular flexibility index (Phi) is 8.14. The number of methoxy groups -OCH3 is 2. The van der Waals surface area contributed by atoms with E-state index in [1.54, 1.807) is 13.3 Å². The summed E-state index contributed by atoms with van der Waals surface area (Å²) in [6, 6.07) is 18.2. The molecule has 9 nitrogen and oxygen atoms in total. The van der Waals surface area contributed by atoms with Crippen molar-refractivity contribution >= 4 is 27.7 Å². The third kappa shape index (κ3) is 5.29. The molecule has 5 rings (SSSR count). The molecule has 40 heavy (non-hydrogen) atoms. The van der Waals surface area contributed by atoms with Crippen LogP contribution in [0.2, 0.25) is 0 Å². The maximum atomic E-state index is 12.8. The Morgan fingerprint density at radius 3 is 2.65 bits per heavy atom. The van der Waals surface area contributed by atoms with Crippen molar-refractivity contribution in [2.24, 2.45) is 0 Å². The molecular formula is C31H31N3O6. The summed E-state index contributed by atoms with van der Waals surface area (Å²) in [6.07, 6.45) is 3.04. The number of fused-ring (bicyclic) bond motifs is 3. The van der Waals surface area contributed by atoms with Gasteiger partial charge in [0.1, 0.15) is 35.5 Å². The molecule has 9 heteroatoms. The number of carbonyl (C=O) groups excluding carboxylic acids is 1. The normalized spacial score (nSPS) is 12.0. The average Bonchev–Trinajstić information content (AvgIpc) is 3.44. The number of ether oxygens (including phenoxy) is 3. The van der Waals surface area contributed by atoms with Gasteiger partial charge in [0, 0.05) is 47.1 Å². The van der Waals surface area contributed by atoms with Crippen molar-refractivity contribution in [3.8, 4) is 17.4 Å². The SMILES string of the molecule is CNCCNC(c1ccnc(OCc2cccc(OC)c2)c1)c1c(O)c2ccccc2c2occ(C(=O)OC)c12. The van der Waals surface area contributed by atoms with Gasteiger partial charge in [0.2, 0.25) is 5.88 Å². The van der Waals surface area contributed by atoms with Crippen molar-refractivity contribution in [1.29, 1.82) is 0 Å². The number of rotatable bonds is 11. The Morgan fingerprint density at radius 1 is 1.05 bits per heavy atom. The van der Waals surface area contributed by atoms with Crippen LogP contribution in [-0.2, 0) is 11.3 Å². The number of likely N-dealkylation sites (N-methyl/N-ethyl adjacent to an activating group) is 1. The fourth-order valence-electron chi connectivity index (χ4n) is 4.85. The van der Waals surface area contributed by atoms with Crippen LogP contribution >= 0.6 is 0 Å². The standard InChI is InChI=1S/C31H31N3O6/c1-32-13-14-34-28(20-11-12-33-25(16-20)39-17-19-7-6-8-21(15-19)37-2)27-26-24(31(36)38-3)18-40-30(26)23-10-5-4-9-22(23)29(27)35/h4-12,15-16,18,28,32,34-35H,13-14,17H2,1-3H3. The Balaban J connectivity index is 1.62. The number of benzene rings is 3. The molecule has 0 aliphatic heterocycles. The zero-order valence-corrected chi connectivity index (χ0v) is 22.6. The van der Waals surface area contributed by atoms with Gasteiger partial charge in [0.25, 0.3) is 0 Å². The van der Waals surface area contributed by atoms with E-state index < -0.39 is 12.0 Å². The minimum Gasteiger partial charge on any atom is -0.507 e. The lowest BCUT2D eigenvalue weighted by atomic mass is 9.90. The molecule has 1 unspecified atom stereocenters. The van der Waals surface area contributed by atoms with Crippen molar-refractivity contribution in [2.75, 3.05) is 34.4 Å². The van der Waals surface area contributed by atoms with Crippen LogP contribution in [0.5, 0.6) is 17.4 Å². The summed E-state index contributed by atoms with van der Waals surface area (Å²) in [4.78, 5) is 17.2. The summed E-state index contributed by atoms with van der Waals surface area (Å²) >= 11 is 0. The summed E-state index contributed by atoms with van der Waals surface area (Å²) in [5, 5.41) is 20.1. The zero-order valence-electron chi connectivity index (χ0n) is 22.6. The molecule has 2 heterocycles. The highest BCUT2D eigenvalue weighted by molar-refractivity contribution is 6.16. The lowest BCUT2D eigenvalue weighted by Gasteiger charge is -2.23. The molecule has 2 aromatic heterocycles. The highest BCUT2D eigenvalue weighted by atomic mass is 16.5. The minimum atomic E-state index is -0.555. The molecule has 0 saturated heterocycles. The molecule has 0 amide bonds. The first-order chi connectivity index (χ1) is 19.5. The minimum absolute atomic E-state index is 0.0484. The molecular weight excluding hydrogens is 510 g/mol. The van der Waals surface area contributed by atoms with Crippen LogP contribution < -0.4 is 20.1 Å². The van der Waals surface area contributed by atoms with Gasteiger partial charge in [-0.15, -0.1) is 0 Å². The van der Waals surface area contributed by atoms with E-state index in [1.165, 1.54) is 13.4 Å². The molecule has 206 valence electrons. The topological polar surface area (TPSA) is 115 Å². The number of furan rings is 1. The second-order valence-corrected chi connectivity index (χ2v) is 9.21. The number of pyridine rings is 1. The molecule has 0 aliphatic carbocycles. The largest absolute Gasteiger partial charge is 0.507 e. The van der Waals surface area contributed by atoms with Crippen molar-refractivity contribution in [3.05, 3.63) is 95.4 Å². The van der Waals surface area contributed by atoms with E-state index in [1.807, 2.05) is 67.7 Å². The van der Waals surface area contributed by atoms with Gasteiger partial charge >= 0.3 is 5.97 Å². The second kappa shape index (κ2) is 12.1. The van der Waals surface area contributed by atoms with E-state index in [0.29, 0.717) is 52.9 Å². The molecule has 0 aliphatic rings. The smallest absolute Gasteiger partial charge is 0.341 e. The van der Waals surface area contributed by atoms with Crippen LogP contribution in [0.4, 0.5) is 0 Å². The van der Waals surface area contributed by atoms with Gasteiger partial charge in [-0.3, -0.25) is 0 Å². The van der Waals surface area contributed by atoms with Gasteiger partial charge in [0.15, 0.2) is 0 Å². The van der Waals surface area contributed by atoms with Gasteiger partial charge < -0.3 is 34.4 Å². The van der Waals surface area contributed by atoms with Crippen LogP contribution in [0, 0.1) is 0 Å². The lowest BCUT2D eigenvalue weighted by molar-refractivity contribution is 0.0602. The maximum absolute atomic E-state index is 12.8. The molecule has 5 aromatic rings. The number of nitrogens with one attached hydrogen (secondary N) is 2. The Morgan fingerprint density at radius 2 is 1.88 bits per heavy atom. The molecule has 0 saturated carbocycles. The van der Waals surface area contributed by atoms with E-state index in [0.717, 1.165) is 16.9 Å². The predicted molar refractivity (Wildman–Crippen MR) is 152 cm³/mol. The van der Waals surface area contributed by atoms with Crippen molar-refractivity contribution in [2.45, 2.75) is 12.6 Å². The molecule has 3 N–H and O–H groups in total. The van der Waals surface area contributed by atoms with Gasteiger partial charge in [-0.2, -0.15) is 0 Å². The van der Waals surface area contributed by atoms with Crippen molar-refractivity contribution in [3.63, 3.8) is 0 Å². The zero-order chi connectivity index (χ0) is 28.1. The number of phenols is 1. The van der Waals surface area contributed by atoms with Gasteiger partial charge in [0.05, 0.1) is 20.3 Å². The third-order valence-electron chi connectivity index (χ3n) is 6.77.